The normalized spacial score (nSPS) is 14.1. The molecule has 67 heavy (non-hydrogen) atoms. The molecule has 4 aromatic rings. The zero-order valence-electron chi connectivity index (χ0n) is 35.1. The van der Waals surface area contributed by atoms with Gasteiger partial charge in [0.05, 0.1) is 34.6 Å². The van der Waals surface area contributed by atoms with Gasteiger partial charge in [0.15, 0.2) is 21.1 Å². The first-order valence-corrected chi connectivity index (χ1v) is 23.2. The Bertz CT molecular complexity index is 3350. The number of carbonyl (C=O) groups excluding carboxylic acids is 2. The molecule has 0 bridgehead atoms. The summed E-state index contributed by atoms with van der Waals surface area (Å²) in [5, 5.41) is 33.5. The highest BCUT2D eigenvalue weighted by Gasteiger charge is 2.33. The molecule has 22 heteroatoms. The molecule has 4 aromatic carbocycles. The molecular formula is C45H41N7O13S2. The Morgan fingerprint density at radius 1 is 0.776 bits per heavy atom. The third kappa shape index (κ3) is 9.63. The van der Waals surface area contributed by atoms with Gasteiger partial charge in [-0.05, 0) is 66.4 Å². The second-order valence-corrected chi connectivity index (χ2v) is 18.0. The van der Waals surface area contributed by atoms with E-state index in [1.54, 1.807) is 24.3 Å². The Morgan fingerprint density at radius 2 is 1.46 bits per heavy atom. The van der Waals surface area contributed by atoms with Crippen LogP contribution in [0.5, 0.6) is 0 Å². The molecule has 7 rings (SSSR count). The molecule has 0 fully saturated rings. The number of carbonyl (C=O) groups is 4. The summed E-state index contributed by atoms with van der Waals surface area (Å²) >= 11 is 0. The molecule has 0 atom stereocenters. The van der Waals surface area contributed by atoms with Crippen molar-refractivity contribution in [3.63, 3.8) is 0 Å². The third-order valence-corrected chi connectivity index (χ3v) is 12.8. The highest BCUT2D eigenvalue weighted by atomic mass is 32.2. The minimum atomic E-state index is -5.25. The molecule has 0 radical (unpaired) electrons. The van der Waals surface area contributed by atoms with Crippen LogP contribution >= 0.6 is 0 Å². The van der Waals surface area contributed by atoms with Crippen molar-refractivity contribution >= 4 is 77.8 Å². The molecule has 0 saturated carbocycles. The fourth-order valence-electron chi connectivity index (χ4n) is 7.97. The zero-order chi connectivity index (χ0) is 48.4. The van der Waals surface area contributed by atoms with E-state index in [4.69, 9.17) is 31.5 Å². The second-order valence-electron chi connectivity index (χ2n) is 15.2. The number of aliphatic carboxylic acids is 1. The van der Waals surface area contributed by atoms with Gasteiger partial charge in [0.1, 0.15) is 5.71 Å². The summed E-state index contributed by atoms with van der Waals surface area (Å²) in [6.45, 7) is 0.262. The van der Waals surface area contributed by atoms with Gasteiger partial charge < -0.3 is 36.4 Å². The maximum atomic E-state index is 14.1. The summed E-state index contributed by atoms with van der Waals surface area (Å²) in [5.41, 5.74) is 6.58. The molecule has 10 N–H and O–H groups in total. The number of nitrogens with two attached hydrogens (primary N) is 2. The highest BCUT2D eigenvalue weighted by Crippen LogP contribution is 2.46. The SMILES string of the molecule is N=c1ccc2c(-c3ccc(C(=O)NCCC(=O)N4Cc5ccccc5C(=NCCCCCC(=O)O)/C(=N\N)c5ccccc54)cc3C(=O)O)c3ccc(N)c(S(=O)(=O)O)c3oc-2c1S(=O)(=O)O. The molecule has 0 unspecified atom stereocenters. The molecule has 0 aromatic heterocycles. The molecule has 0 saturated heterocycles. The van der Waals surface area contributed by atoms with Gasteiger partial charge in [-0.3, -0.25) is 33.9 Å². The monoisotopic (exact) mass is 951 g/mol. The van der Waals surface area contributed by atoms with E-state index < -0.39 is 81.7 Å². The number of fused-ring (bicyclic) bond motifs is 4. The summed E-state index contributed by atoms with van der Waals surface area (Å²) < 4.78 is 76.2. The number of nitrogens with one attached hydrogen (secondary N) is 2. The number of carboxylic acid groups (broad SMARTS) is 2. The first kappa shape index (κ1) is 47.2. The largest absolute Gasteiger partial charge is 0.481 e. The molecule has 0 spiro atoms. The Balaban J connectivity index is 1.19. The fourth-order valence-corrected chi connectivity index (χ4v) is 9.46. The van der Waals surface area contributed by atoms with E-state index in [0.29, 0.717) is 54.0 Å². The van der Waals surface area contributed by atoms with E-state index in [-0.39, 0.29) is 53.6 Å². The van der Waals surface area contributed by atoms with Crippen LogP contribution in [0.3, 0.4) is 0 Å². The number of nitrogen functional groups attached to an aromatic ring is 1. The van der Waals surface area contributed by atoms with E-state index in [9.17, 15) is 50.2 Å². The lowest BCUT2D eigenvalue weighted by Crippen LogP contribution is -2.37. The van der Waals surface area contributed by atoms with Gasteiger partial charge in [-0.25, -0.2) is 4.79 Å². The summed E-state index contributed by atoms with van der Waals surface area (Å²) in [6, 6.07) is 22.2. The predicted molar refractivity (Wildman–Crippen MR) is 244 cm³/mol. The number of hydrogen-bond donors (Lipinski definition) is 8. The Morgan fingerprint density at radius 3 is 2.15 bits per heavy atom. The number of aliphatic imine (C=N–C) groups is 1. The first-order chi connectivity index (χ1) is 31.8. The second kappa shape index (κ2) is 19.0. The van der Waals surface area contributed by atoms with Gasteiger partial charge in [-0.1, -0.05) is 55.0 Å². The summed E-state index contributed by atoms with van der Waals surface area (Å²) in [7, 11) is -10.4. The lowest BCUT2D eigenvalue weighted by Gasteiger charge is -2.30. The van der Waals surface area contributed by atoms with Gasteiger partial charge in [0.25, 0.3) is 26.1 Å². The van der Waals surface area contributed by atoms with Crippen LogP contribution in [-0.4, -0.2) is 84.4 Å². The first-order valence-electron chi connectivity index (χ1n) is 20.3. The lowest BCUT2D eigenvalue weighted by molar-refractivity contribution is -0.137. The number of hydrogen-bond acceptors (Lipinski definition) is 14. The van der Waals surface area contributed by atoms with Crippen LogP contribution in [0.2, 0.25) is 0 Å². The molecule has 1 aliphatic carbocycles. The van der Waals surface area contributed by atoms with Crippen LogP contribution in [0.15, 0.2) is 115 Å². The van der Waals surface area contributed by atoms with Crippen molar-refractivity contribution in [1.82, 2.24) is 5.32 Å². The van der Waals surface area contributed by atoms with Gasteiger partial charge in [-0.15, -0.1) is 0 Å². The Kier molecular flexibility index (Phi) is 13.4. The number of aromatic carboxylic acids is 1. The summed E-state index contributed by atoms with van der Waals surface area (Å²) in [4.78, 5) is 56.0. The standard InChI is InChI=1S/C45H41N7O13S2/c46-32-17-15-29-37(30-16-18-33(47)43(67(62,63)64)41(30)65-40(29)42(32)66(59,60)61)27-14-13-24(22-31(27)45(57)58)44(56)50-21-19-35(53)52-23-25-8-3-4-9-26(25)38(49-20-7-1-2-12-36(54)55)39(51-48)28-10-5-6-11-34(28)52/h3-6,8-11,13-18,22,46H,1-2,7,12,19-21,23,47-48H2,(H,50,56)(H,54,55)(H,57,58)(H,59,60,61)(H,62,63,64)/b46-32?,49-38?,51-39-. The zero-order valence-corrected chi connectivity index (χ0v) is 36.7. The molecule has 2 aliphatic heterocycles. The number of para-hydroxylation sites is 1. The van der Waals surface area contributed by atoms with Crippen LogP contribution in [-0.2, 0) is 36.4 Å². The maximum absolute atomic E-state index is 14.1. The van der Waals surface area contributed by atoms with E-state index in [1.807, 2.05) is 24.3 Å². The molecule has 20 nitrogen and oxygen atoms in total. The number of benzene rings is 5. The smallest absolute Gasteiger partial charge is 0.336 e. The number of anilines is 2. The molecule has 2 heterocycles. The van der Waals surface area contributed by atoms with Crippen molar-refractivity contribution in [2.75, 3.05) is 23.7 Å². The van der Waals surface area contributed by atoms with Crippen LogP contribution in [0, 0.1) is 5.41 Å². The van der Waals surface area contributed by atoms with E-state index >= 15 is 0 Å². The average Bonchev–Trinajstić information content (AvgIpc) is 3.26. The predicted octanol–water partition coefficient (Wildman–Crippen LogP) is 4.92. The Hall–Kier alpha value is -7.79. The highest BCUT2D eigenvalue weighted by molar-refractivity contribution is 7.86. The molecule has 3 aliphatic rings. The fraction of sp³-hybridized carbons (Fsp3) is 0.178. The minimum Gasteiger partial charge on any atom is -0.481 e. The van der Waals surface area contributed by atoms with E-state index in [2.05, 4.69) is 10.4 Å². The van der Waals surface area contributed by atoms with Gasteiger partial charge in [-0.2, -0.15) is 21.9 Å². The van der Waals surface area contributed by atoms with E-state index in [1.165, 1.54) is 29.2 Å². The molecule has 346 valence electrons. The lowest BCUT2D eigenvalue weighted by atomic mass is 9.89. The maximum Gasteiger partial charge on any atom is 0.336 e. The van der Waals surface area contributed by atoms with Crippen LogP contribution < -0.4 is 27.2 Å². The number of nitrogens with zero attached hydrogens (tertiary/aromatic N) is 3. The Labute approximate surface area is 381 Å². The minimum absolute atomic E-state index is 0.0568. The summed E-state index contributed by atoms with van der Waals surface area (Å²) in [6.07, 6.45) is 1.61. The molecule has 2 amide bonds. The van der Waals surface area contributed by atoms with E-state index in [0.717, 1.165) is 23.8 Å². The van der Waals surface area contributed by atoms with Gasteiger partial charge >= 0.3 is 11.9 Å². The number of carboxylic acids is 2. The quantitative estimate of drug-likeness (QED) is 0.0179. The van der Waals surface area contributed by atoms with Crippen LogP contribution in [0.1, 0.15) is 69.5 Å². The number of unbranched alkanes of at least 4 members (excludes halogenated alkanes) is 2. The van der Waals surface area contributed by atoms with Crippen molar-refractivity contribution in [3.05, 3.63) is 124 Å². The van der Waals surface area contributed by atoms with Crippen molar-refractivity contribution in [2.45, 2.75) is 48.4 Å². The van der Waals surface area contributed by atoms with Crippen LogP contribution in [0.4, 0.5) is 11.4 Å². The average molecular weight is 952 g/mol. The number of amides is 2. The van der Waals surface area contributed by atoms with Crippen molar-refractivity contribution in [1.29, 1.82) is 5.41 Å². The van der Waals surface area contributed by atoms with Crippen molar-refractivity contribution < 1.29 is 59.7 Å². The number of hydrazone groups is 1. The molecular weight excluding hydrogens is 911 g/mol. The van der Waals surface area contributed by atoms with Gasteiger partial charge in [0.2, 0.25) is 5.91 Å². The number of rotatable bonds is 14. The van der Waals surface area contributed by atoms with Gasteiger partial charge in [0, 0.05) is 59.1 Å². The summed E-state index contributed by atoms with van der Waals surface area (Å²) in [5.74, 6) is 1.61. The van der Waals surface area contributed by atoms with Crippen molar-refractivity contribution in [2.24, 2.45) is 15.9 Å². The van der Waals surface area contributed by atoms with Crippen LogP contribution in [0.25, 0.3) is 33.4 Å². The topological polar surface area (TPSA) is 346 Å². The third-order valence-electron chi connectivity index (χ3n) is 10.9. The van der Waals surface area contributed by atoms with Crippen molar-refractivity contribution in [3.8, 4) is 22.5 Å².